The molecule has 10 heteroatoms. The number of esters is 2. The molecule has 2 unspecified atom stereocenters. The Morgan fingerprint density at radius 3 is 2.59 bits per heavy atom. The second-order valence-electron chi connectivity index (χ2n) is 7.24. The molecule has 8 nitrogen and oxygen atoms in total. The second-order valence-corrected chi connectivity index (χ2v) is 7.24. The van der Waals surface area contributed by atoms with Crippen molar-refractivity contribution in [2.75, 3.05) is 6.61 Å². The van der Waals surface area contributed by atoms with Crippen LogP contribution in [0.1, 0.15) is 32.8 Å². The minimum absolute atomic E-state index is 0.212. The number of rotatable bonds is 7. The fourth-order valence-electron chi connectivity index (χ4n) is 2.48. The molecule has 0 bridgehead atoms. The Kier molecular flexibility index (Phi) is 6.70. The van der Waals surface area contributed by atoms with Crippen LogP contribution in [0.25, 0.3) is 11.1 Å². The summed E-state index contributed by atoms with van der Waals surface area (Å²) in [5, 5.41) is 10.6. The summed E-state index contributed by atoms with van der Waals surface area (Å²) in [5.41, 5.74) is 4.31. The van der Waals surface area contributed by atoms with E-state index in [4.69, 9.17) is 19.6 Å². The maximum Gasteiger partial charge on any atom is 0.324 e. The molecular formula is C19H22F2N2O6. The summed E-state index contributed by atoms with van der Waals surface area (Å²) in [6.45, 7) is 7.97. The first-order valence-electron chi connectivity index (χ1n) is 8.64. The zero-order chi connectivity index (χ0) is 21.9. The van der Waals surface area contributed by atoms with Crippen LogP contribution in [0.3, 0.4) is 0 Å². The van der Waals surface area contributed by atoms with Crippen LogP contribution in [0.2, 0.25) is 0 Å². The Labute approximate surface area is 165 Å². The molecule has 1 aromatic carbocycles. The molecule has 0 saturated carbocycles. The molecule has 0 saturated heterocycles. The van der Waals surface area contributed by atoms with Crippen LogP contribution in [-0.4, -0.2) is 40.3 Å². The first kappa shape index (κ1) is 22.4. The van der Waals surface area contributed by atoms with E-state index in [2.05, 4.69) is 11.6 Å². The molecule has 0 amide bonds. The van der Waals surface area contributed by atoms with Crippen molar-refractivity contribution in [2.45, 2.75) is 38.5 Å². The Bertz CT molecular complexity index is 921. The van der Waals surface area contributed by atoms with E-state index in [1.54, 1.807) is 20.8 Å². The number of aliphatic hydroxyl groups is 1. The molecule has 0 fully saturated rings. The van der Waals surface area contributed by atoms with E-state index in [0.717, 1.165) is 6.07 Å². The summed E-state index contributed by atoms with van der Waals surface area (Å²) in [6, 6.07) is -0.206. The highest BCUT2D eigenvalue weighted by Gasteiger charge is 2.42. The van der Waals surface area contributed by atoms with E-state index in [0.29, 0.717) is 6.07 Å². The summed E-state index contributed by atoms with van der Waals surface area (Å²) in [6.07, 6.45) is -0.623. The van der Waals surface area contributed by atoms with Crippen LogP contribution in [0.5, 0.6) is 0 Å². The number of carbonyl (C=O) groups is 2. The lowest BCUT2D eigenvalue weighted by atomic mass is 9.93. The summed E-state index contributed by atoms with van der Waals surface area (Å²) in [7, 11) is 0. The molecule has 2 aromatic rings. The van der Waals surface area contributed by atoms with Crippen molar-refractivity contribution >= 4 is 23.0 Å². The number of fused-ring (bicyclic) bond motifs is 1. The third-order valence-electron chi connectivity index (χ3n) is 3.70. The van der Waals surface area contributed by atoms with Gasteiger partial charge in [-0.05, 0) is 20.8 Å². The van der Waals surface area contributed by atoms with Gasteiger partial charge in [-0.15, -0.1) is 0 Å². The number of oxazole rings is 1. The Morgan fingerprint density at radius 1 is 1.34 bits per heavy atom. The van der Waals surface area contributed by atoms with Gasteiger partial charge in [0.1, 0.15) is 41.6 Å². The number of benzene rings is 1. The minimum atomic E-state index is -1.90. The predicted molar refractivity (Wildman–Crippen MR) is 97.4 cm³/mol. The number of carbonyl (C=O) groups excluding carboxylic acids is 2. The fraction of sp³-hybridized carbons (Fsp3) is 0.421. The largest absolute Gasteiger partial charge is 0.461 e. The molecule has 1 heterocycles. The van der Waals surface area contributed by atoms with Gasteiger partial charge in [0.15, 0.2) is 11.4 Å². The molecule has 0 aliphatic carbocycles. The van der Waals surface area contributed by atoms with Crippen LogP contribution in [-0.2, 0) is 19.1 Å². The summed E-state index contributed by atoms with van der Waals surface area (Å²) >= 11 is 0. The molecule has 29 heavy (non-hydrogen) atoms. The molecule has 3 N–H and O–H groups in total. The summed E-state index contributed by atoms with van der Waals surface area (Å²) in [5.74, 6) is -6.20. The molecule has 1 aromatic heterocycles. The number of hydrogen-bond acceptors (Lipinski definition) is 8. The van der Waals surface area contributed by atoms with Crippen molar-refractivity contribution in [3.05, 3.63) is 42.3 Å². The monoisotopic (exact) mass is 412 g/mol. The van der Waals surface area contributed by atoms with Crippen molar-refractivity contribution in [1.82, 2.24) is 4.98 Å². The average Bonchev–Trinajstić information content (AvgIpc) is 3.02. The van der Waals surface area contributed by atoms with Gasteiger partial charge >= 0.3 is 11.9 Å². The molecule has 0 aliphatic heterocycles. The van der Waals surface area contributed by atoms with Gasteiger partial charge in [-0.25, -0.2) is 13.8 Å². The minimum Gasteiger partial charge on any atom is -0.461 e. The van der Waals surface area contributed by atoms with Crippen molar-refractivity contribution < 1.29 is 37.4 Å². The lowest BCUT2D eigenvalue weighted by Crippen LogP contribution is -2.48. The smallest absolute Gasteiger partial charge is 0.324 e. The van der Waals surface area contributed by atoms with Crippen molar-refractivity contribution in [2.24, 2.45) is 11.7 Å². The van der Waals surface area contributed by atoms with Crippen LogP contribution in [0.15, 0.2) is 29.2 Å². The second kappa shape index (κ2) is 8.66. The van der Waals surface area contributed by atoms with E-state index < -0.39 is 53.1 Å². The van der Waals surface area contributed by atoms with Gasteiger partial charge < -0.3 is 24.7 Å². The van der Waals surface area contributed by atoms with Gasteiger partial charge in [0, 0.05) is 12.1 Å². The first-order chi connectivity index (χ1) is 13.4. The highest BCUT2D eigenvalue weighted by Crippen LogP contribution is 2.30. The fourth-order valence-corrected chi connectivity index (χ4v) is 2.48. The molecule has 158 valence electrons. The lowest BCUT2D eigenvalue weighted by Gasteiger charge is -2.27. The van der Waals surface area contributed by atoms with E-state index >= 15 is 0 Å². The third-order valence-corrected chi connectivity index (χ3v) is 3.70. The number of hydrogen-bond donors (Lipinski definition) is 2. The normalized spacial score (nSPS) is 14.9. The molecule has 0 radical (unpaired) electrons. The number of aromatic nitrogens is 1. The Hall–Kier alpha value is -2.85. The standard InChI is InChI=1S/C19H22F2N2O6/c1-5-6-27-17(25)12(13(22)18(26)29-19(2,3)4)15(24)16-23-14-10(21)7-9(20)8-11(14)28-16/h5,7-8,12-13,15,24H,1,6,22H2,2-4H3/t12-,13?,15?/m0/s1. The zero-order valence-corrected chi connectivity index (χ0v) is 16.1. The summed E-state index contributed by atoms with van der Waals surface area (Å²) < 4.78 is 42.5. The number of ether oxygens (including phenoxy) is 2. The maximum atomic E-state index is 13.9. The van der Waals surface area contributed by atoms with E-state index in [1.165, 1.54) is 6.08 Å². The van der Waals surface area contributed by atoms with Crippen LogP contribution >= 0.6 is 0 Å². The molecule has 2 rings (SSSR count). The van der Waals surface area contributed by atoms with E-state index in [-0.39, 0.29) is 17.7 Å². The zero-order valence-electron chi connectivity index (χ0n) is 16.1. The number of nitrogens with two attached hydrogens (primary N) is 1. The van der Waals surface area contributed by atoms with E-state index in [1.807, 2.05) is 0 Å². The van der Waals surface area contributed by atoms with Crippen LogP contribution in [0, 0.1) is 17.6 Å². The van der Waals surface area contributed by atoms with Gasteiger partial charge in [0.05, 0.1) is 0 Å². The summed E-state index contributed by atoms with van der Waals surface area (Å²) in [4.78, 5) is 28.5. The van der Waals surface area contributed by atoms with Crippen LogP contribution < -0.4 is 5.73 Å². The molecular weight excluding hydrogens is 390 g/mol. The Morgan fingerprint density at radius 2 is 2.00 bits per heavy atom. The first-order valence-corrected chi connectivity index (χ1v) is 8.64. The topological polar surface area (TPSA) is 125 Å². The van der Waals surface area contributed by atoms with Gasteiger partial charge in [-0.3, -0.25) is 9.59 Å². The van der Waals surface area contributed by atoms with Gasteiger partial charge in [-0.2, -0.15) is 0 Å². The van der Waals surface area contributed by atoms with E-state index in [9.17, 15) is 23.5 Å². The third kappa shape index (κ3) is 5.36. The predicted octanol–water partition coefficient (Wildman–Crippen LogP) is 2.15. The average molecular weight is 412 g/mol. The highest BCUT2D eigenvalue weighted by atomic mass is 19.1. The number of aliphatic hydroxyl groups excluding tert-OH is 1. The van der Waals surface area contributed by atoms with Gasteiger partial charge in [0.2, 0.25) is 5.89 Å². The molecule has 0 aliphatic rings. The Balaban J connectivity index is 2.41. The molecule has 0 spiro atoms. The van der Waals surface area contributed by atoms with Crippen molar-refractivity contribution in [3.8, 4) is 0 Å². The molecule has 3 atom stereocenters. The quantitative estimate of drug-likeness (QED) is 0.524. The SMILES string of the molecule is C=CCOC(=O)[C@@H](C(N)C(=O)OC(C)(C)C)C(O)c1nc2c(F)cc(F)cc2o1. The van der Waals surface area contributed by atoms with Crippen molar-refractivity contribution in [3.63, 3.8) is 0 Å². The van der Waals surface area contributed by atoms with Crippen molar-refractivity contribution in [1.29, 1.82) is 0 Å². The lowest BCUT2D eigenvalue weighted by molar-refractivity contribution is -0.167. The van der Waals surface area contributed by atoms with Gasteiger partial charge in [0.25, 0.3) is 0 Å². The number of halogens is 2. The van der Waals surface area contributed by atoms with Gasteiger partial charge in [-0.1, -0.05) is 12.7 Å². The van der Waals surface area contributed by atoms with Crippen LogP contribution in [0.4, 0.5) is 8.78 Å². The maximum absolute atomic E-state index is 13.9. The highest BCUT2D eigenvalue weighted by molar-refractivity contribution is 5.85. The number of nitrogens with zero attached hydrogens (tertiary/aromatic N) is 1.